The number of carbonyl (C=O) groups is 2. The number of likely N-dealkylation sites (tertiary alicyclic amines) is 1. The van der Waals surface area contributed by atoms with E-state index in [0.717, 1.165) is 17.0 Å². The highest BCUT2D eigenvalue weighted by atomic mass is 16.4. The summed E-state index contributed by atoms with van der Waals surface area (Å²) in [4.78, 5) is 33.0. The molecule has 0 aliphatic carbocycles. The number of imidazole rings is 1. The van der Waals surface area contributed by atoms with Crippen LogP contribution in [0.5, 0.6) is 0 Å². The number of aliphatic carboxylic acids is 1. The molecule has 1 saturated heterocycles. The predicted molar refractivity (Wildman–Crippen MR) is 90.0 cm³/mol. The monoisotopic (exact) mass is 345 g/mol. The summed E-state index contributed by atoms with van der Waals surface area (Å²) < 4.78 is 1.82. The molecule has 0 bridgehead atoms. The van der Waals surface area contributed by atoms with E-state index in [1.165, 1.54) is 0 Å². The first-order chi connectivity index (χ1) is 11.9. The van der Waals surface area contributed by atoms with Crippen molar-refractivity contribution < 1.29 is 14.7 Å². The average Bonchev–Trinajstić information content (AvgIpc) is 3.27. The summed E-state index contributed by atoms with van der Waals surface area (Å²) >= 11 is 0. The summed E-state index contributed by atoms with van der Waals surface area (Å²) in [5.41, 5.74) is 3.09. The van der Waals surface area contributed by atoms with Crippen LogP contribution in [-0.4, -0.2) is 54.7 Å². The van der Waals surface area contributed by atoms with E-state index >= 15 is 0 Å². The van der Waals surface area contributed by atoms with Crippen LogP contribution in [0.2, 0.25) is 0 Å². The SMILES string of the molecule is Cc1nn(C)c(C)c1CCC(=O)N1C[C@@H](C(=O)O)[C@H](c2ncc[nH]2)C1. The fraction of sp³-hybridized carbons (Fsp3) is 0.529. The molecule has 0 saturated carbocycles. The van der Waals surface area contributed by atoms with Crippen molar-refractivity contribution in [2.45, 2.75) is 32.6 Å². The van der Waals surface area contributed by atoms with Gasteiger partial charge in [-0.2, -0.15) is 5.10 Å². The number of carboxylic acid groups (broad SMARTS) is 1. The zero-order valence-corrected chi connectivity index (χ0v) is 14.7. The lowest BCUT2D eigenvalue weighted by atomic mass is 9.96. The zero-order valence-electron chi connectivity index (χ0n) is 14.7. The first kappa shape index (κ1) is 17.2. The van der Waals surface area contributed by atoms with Crippen molar-refractivity contribution in [1.82, 2.24) is 24.6 Å². The molecule has 1 amide bonds. The zero-order chi connectivity index (χ0) is 18.1. The molecule has 0 spiro atoms. The molecule has 0 radical (unpaired) electrons. The number of amides is 1. The second-order valence-electron chi connectivity index (χ2n) is 6.60. The van der Waals surface area contributed by atoms with E-state index in [0.29, 0.717) is 25.2 Å². The van der Waals surface area contributed by atoms with Crippen molar-refractivity contribution in [3.63, 3.8) is 0 Å². The molecule has 2 aromatic heterocycles. The third-order valence-electron chi connectivity index (χ3n) is 5.11. The third-order valence-corrected chi connectivity index (χ3v) is 5.11. The summed E-state index contributed by atoms with van der Waals surface area (Å²) in [6, 6.07) is 0. The molecule has 3 rings (SSSR count). The standard InChI is InChI=1S/C17H23N5O3/c1-10-12(11(2)21(3)20-10)4-5-15(23)22-8-13(14(9-22)17(24)25)16-18-6-7-19-16/h6-7,13-14H,4-5,8-9H2,1-3H3,(H,18,19)(H,24,25)/t13-,14-/m1/s1. The van der Waals surface area contributed by atoms with Crippen LogP contribution in [0.1, 0.15) is 35.1 Å². The fourth-order valence-electron chi connectivity index (χ4n) is 3.58. The number of nitrogens with zero attached hydrogens (tertiary/aromatic N) is 4. The molecule has 8 nitrogen and oxygen atoms in total. The van der Waals surface area contributed by atoms with Crippen LogP contribution in [0.25, 0.3) is 0 Å². The number of nitrogens with one attached hydrogen (secondary N) is 1. The van der Waals surface area contributed by atoms with E-state index in [9.17, 15) is 14.7 Å². The summed E-state index contributed by atoms with van der Waals surface area (Å²) in [7, 11) is 1.89. The van der Waals surface area contributed by atoms with Crippen LogP contribution < -0.4 is 0 Å². The Labute approximate surface area is 145 Å². The number of rotatable bonds is 5. The number of aryl methyl sites for hydroxylation is 2. The molecule has 3 heterocycles. The van der Waals surface area contributed by atoms with Crippen LogP contribution in [0.3, 0.4) is 0 Å². The van der Waals surface area contributed by atoms with Gasteiger partial charge in [-0.3, -0.25) is 14.3 Å². The maximum atomic E-state index is 12.6. The van der Waals surface area contributed by atoms with Gasteiger partial charge in [0.1, 0.15) is 5.82 Å². The number of carboxylic acids is 1. The van der Waals surface area contributed by atoms with Crippen LogP contribution >= 0.6 is 0 Å². The van der Waals surface area contributed by atoms with Gasteiger partial charge in [-0.15, -0.1) is 0 Å². The fourth-order valence-corrected chi connectivity index (χ4v) is 3.58. The van der Waals surface area contributed by atoms with Gasteiger partial charge in [0, 0.05) is 50.6 Å². The number of aromatic amines is 1. The Morgan fingerprint density at radius 1 is 1.36 bits per heavy atom. The summed E-state index contributed by atoms with van der Waals surface area (Å²) in [5.74, 6) is -1.21. The lowest BCUT2D eigenvalue weighted by Crippen LogP contribution is -2.30. The molecule has 1 aliphatic heterocycles. The Kier molecular flexibility index (Phi) is 4.61. The molecule has 0 unspecified atom stereocenters. The molecule has 134 valence electrons. The molecule has 1 fully saturated rings. The van der Waals surface area contributed by atoms with Crippen LogP contribution in [-0.2, 0) is 23.1 Å². The van der Waals surface area contributed by atoms with Gasteiger partial charge in [0.25, 0.3) is 0 Å². The van der Waals surface area contributed by atoms with Crippen molar-refractivity contribution in [1.29, 1.82) is 0 Å². The number of hydrogen-bond acceptors (Lipinski definition) is 4. The first-order valence-corrected chi connectivity index (χ1v) is 8.37. The van der Waals surface area contributed by atoms with E-state index in [1.54, 1.807) is 17.3 Å². The predicted octanol–water partition coefficient (Wildman–Crippen LogP) is 1.02. The highest BCUT2D eigenvalue weighted by Gasteiger charge is 2.41. The second kappa shape index (κ2) is 6.70. The maximum absolute atomic E-state index is 12.6. The largest absolute Gasteiger partial charge is 0.481 e. The molecule has 0 aromatic carbocycles. The first-order valence-electron chi connectivity index (χ1n) is 8.37. The minimum atomic E-state index is -0.893. The Balaban J connectivity index is 1.67. The lowest BCUT2D eigenvalue weighted by Gasteiger charge is -2.16. The van der Waals surface area contributed by atoms with Crippen molar-refractivity contribution in [2.24, 2.45) is 13.0 Å². The number of carbonyl (C=O) groups excluding carboxylic acids is 1. The van der Waals surface area contributed by atoms with Crippen molar-refractivity contribution in [2.75, 3.05) is 13.1 Å². The summed E-state index contributed by atoms with van der Waals surface area (Å²) in [6.45, 7) is 4.54. The molecule has 25 heavy (non-hydrogen) atoms. The van der Waals surface area contributed by atoms with Crippen LogP contribution in [0.4, 0.5) is 0 Å². The number of H-pyrrole nitrogens is 1. The minimum absolute atomic E-state index is 0.0250. The number of hydrogen-bond donors (Lipinski definition) is 2. The van der Waals surface area contributed by atoms with E-state index in [1.807, 2.05) is 25.6 Å². The van der Waals surface area contributed by atoms with Gasteiger partial charge in [0.05, 0.1) is 11.6 Å². The molecule has 1 aliphatic rings. The Morgan fingerprint density at radius 2 is 2.12 bits per heavy atom. The molecule has 2 N–H and O–H groups in total. The maximum Gasteiger partial charge on any atom is 0.309 e. The van der Waals surface area contributed by atoms with Gasteiger partial charge in [0.15, 0.2) is 0 Å². The minimum Gasteiger partial charge on any atom is -0.481 e. The van der Waals surface area contributed by atoms with Gasteiger partial charge in [0.2, 0.25) is 5.91 Å². The van der Waals surface area contributed by atoms with E-state index in [4.69, 9.17) is 0 Å². The van der Waals surface area contributed by atoms with Gasteiger partial charge >= 0.3 is 5.97 Å². The summed E-state index contributed by atoms with van der Waals surface area (Å²) in [6.07, 6.45) is 4.24. The van der Waals surface area contributed by atoms with Gasteiger partial charge in [-0.05, 0) is 25.8 Å². The molecular weight excluding hydrogens is 322 g/mol. The normalized spacial score (nSPS) is 20.2. The van der Waals surface area contributed by atoms with Crippen LogP contribution in [0.15, 0.2) is 12.4 Å². The van der Waals surface area contributed by atoms with E-state index in [2.05, 4.69) is 15.1 Å². The van der Waals surface area contributed by atoms with Crippen LogP contribution in [0, 0.1) is 19.8 Å². The van der Waals surface area contributed by atoms with Crippen molar-refractivity contribution >= 4 is 11.9 Å². The third kappa shape index (κ3) is 3.29. The Hall–Kier alpha value is -2.64. The molecule has 2 atom stereocenters. The average molecular weight is 345 g/mol. The molecule has 2 aromatic rings. The topological polar surface area (TPSA) is 104 Å². The van der Waals surface area contributed by atoms with E-state index in [-0.39, 0.29) is 18.4 Å². The molecule has 8 heteroatoms. The smallest absolute Gasteiger partial charge is 0.309 e. The van der Waals surface area contributed by atoms with Gasteiger partial charge in [-0.25, -0.2) is 4.98 Å². The highest BCUT2D eigenvalue weighted by molar-refractivity contribution is 5.79. The Bertz CT molecular complexity index is 781. The number of aromatic nitrogens is 4. The lowest BCUT2D eigenvalue weighted by molar-refractivity contribution is -0.141. The Morgan fingerprint density at radius 3 is 2.68 bits per heavy atom. The summed E-state index contributed by atoms with van der Waals surface area (Å²) in [5, 5.41) is 13.8. The second-order valence-corrected chi connectivity index (χ2v) is 6.60. The van der Waals surface area contributed by atoms with Crippen molar-refractivity contribution in [3.05, 3.63) is 35.2 Å². The van der Waals surface area contributed by atoms with Gasteiger partial charge < -0.3 is 15.0 Å². The van der Waals surface area contributed by atoms with Gasteiger partial charge in [-0.1, -0.05) is 0 Å². The van der Waals surface area contributed by atoms with Crippen molar-refractivity contribution in [3.8, 4) is 0 Å². The quantitative estimate of drug-likeness (QED) is 0.842. The van der Waals surface area contributed by atoms with E-state index < -0.39 is 11.9 Å². The molecular formula is C17H23N5O3. The highest BCUT2D eigenvalue weighted by Crippen LogP contribution is 2.31.